The first-order valence-electron chi connectivity index (χ1n) is 7.14. The molecule has 0 heterocycles. The van der Waals surface area contributed by atoms with Gasteiger partial charge in [0, 0.05) is 12.1 Å². The van der Waals surface area contributed by atoms with Crippen molar-refractivity contribution in [3.05, 3.63) is 33.9 Å². The van der Waals surface area contributed by atoms with Crippen LogP contribution in [0.4, 0.5) is 11.4 Å². The normalized spacial score (nSPS) is 20.8. The molecule has 6 heteroatoms. The molecule has 1 atom stereocenters. The first kappa shape index (κ1) is 15.3. The van der Waals surface area contributed by atoms with Gasteiger partial charge in [0.05, 0.1) is 10.5 Å². The van der Waals surface area contributed by atoms with Crippen molar-refractivity contribution in [2.75, 3.05) is 5.73 Å². The van der Waals surface area contributed by atoms with Crippen molar-refractivity contribution in [1.29, 1.82) is 0 Å². The summed E-state index contributed by atoms with van der Waals surface area (Å²) in [6, 6.07) is 4.40. The monoisotopic (exact) mass is 291 g/mol. The van der Waals surface area contributed by atoms with E-state index < -0.39 is 4.92 Å². The number of rotatable bonds is 3. The van der Waals surface area contributed by atoms with Gasteiger partial charge in [0.2, 0.25) is 0 Å². The number of benzene rings is 1. The van der Waals surface area contributed by atoms with Crippen LogP contribution in [0.2, 0.25) is 0 Å². The van der Waals surface area contributed by atoms with E-state index in [9.17, 15) is 14.9 Å². The second-order valence-electron chi connectivity index (χ2n) is 6.43. The summed E-state index contributed by atoms with van der Waals surface area (Å²) in [7, 11) is 0. The van der Waals surface area contributed by atoms with Crippen LogP contribution in [-0.4, -0.2) is 16.9 Å². The molecule has 0 bridgehead atoms. The molecule has 0 aromatic heterocycles. The van der Waals surface area contributed by atoms with Crippen LogP contribution in [0.25, 0.3) is 0 Å². The van der Waals surface area contributed by atoms with E-state index in [-0.39, 0.29) is 34.3 Å². The van der Waals surface area contributed by atoms with E-state index in [1.807, 2.05) is 0 Å². The summed E-state index contributed by atoms with van der Waals surface area (Å²) in [5, 5.41) is 13.8. The highest BCUT2D eigenvalue weighted by Gasteiger charge is 2.29. The Kier molecular flexibility index (Phi) is 4.16. The highest BCUT2D eigenvalue weighted by atomic mass is 16.6. The fourth-order valence-corrected chi connectivity index (χ4v) is 2.99. The Morgan fingerprint density at radius 1 is 1.48 bits per heavy atom. The minimum atomic E-state index is -0.574. The van der Waals surface area contributed by atoms with Crippen LogP contribution in [0.15, 0.2) is 18.2 Å². The maximum absolute atomic E-state index is 12.3. The van der Waals surface area contributed by atoms with Gasteiger partial charge in [0.15, 0.2) is 0 Å². The summed E-state index contributed by atoms with van der Waals surface area (Å²) < 4.78 is 0. The van der Waals surface area contributed by atoms with Crippen LogP contribution in [0, 0.1) is 15.5 Å². The number of nitrogens with one attached hydrogen (secondary N) is 1. The SMILES string of the molecule is CC1(C)CCCC(NC(=O)c2cccc([N+](=O)[O-])c2N)C1. The van der Waals surface area contributed by atoms with Crippen LogP contribution in [0.3, 0.4) is 0 Å². The van der Waals surface area contributed by atoms with Gasteiger partial charge in [-0.05, 0) is 30.7 Å². The number of nitrogens with zero attached hydrogens (tertiary/aromatic N) is 1. The lowest BCUT2D eigenvalue weighted by atomic mass is 9.75. The molecule has 6 nitrogen and oxygen atoms in total. The molecular weight excluding hydrogens is 270 g/mol. The first-order valence-corrected chi connectivity index (χ1v) is 7.14. The van der Waals surface area contributed by atoms with E-state index in [0.717, 1.165) is 25.7 Å². The van der Waals surface area contributed by atoms with Gasteiger partial charge in [0.1, 0.15) is 5.69 Å². The highest BCUT2D eigenvalue weighted by molar-refractivity contribution is 6.01. The van der Waals surface area contributed by atoms with Crippen LogP contribution in [0.1, 0.15) is 49.9 Å². The topological polar surface area (TPSA) is 98.3 Å². The van der Waals surface area contributed by atoms with Gasteiger partial charge in [-0.1, -0.05) is 26.3 Å². The van der Waals surface area contributed by atoms with E-state index in [4.69, 9.17) is 5.73 Å². The fourth-order valence-electron chi connectivity index (χ4n) is 2.99. The molecule has 0 spiro atoms. The molecule has 21 heavy (non-hydrogen) atoms. The van der Waals surface area contributed by atoms with Crippen LogP contribution in [0.5, 0.6) is 0 Å². The minimum absolute atomic E-state index is 0.0740. The predicted molar refractivity (Wildman–Crippen MR) is 81.0 cm³/mol. The smallest absolute Gasteiger partial charge is 0.292 e. The molecule has 2 rings (SSSR count). The molecule has 0 radical (unpaired) electrons. The molecule has 1 aromatic rings. The predicted octanol–water partition coefficient (Wildman–Crippen LogP) is 2.88. The summed E-state index contributed by atoms with van der Waals surface area (Å²) in [4.78, 5) is 22.6. The van der Waals surface area contributed by atoms with Gasteiger partial charge in [0.25, 0.3) is 11.6 Å². The van der Waals surface area contributed by atoms with Gasteiger partial charge < -0.3 is 11.1 Å². The Morgan fingerprint density at radius 3 is 2.81 bits per heavy atom. The molecule has 0 saturated heterocycles. The van der Waals surface area contributed by atoms with Crippen LogP contribution in [-0.2, 0) is 0 Å². The molecule has 1 aromatic carbocycles. The number of hydrogen-bond acceptors (Lipinski definition) is 4. The third-order valence-corrected chi connectivity index (χ3v) is 4.06. The number of carbonyl (C=O) groups is 1. The van der Waals surface area contributed by atoms with Crippen molar-refractivity contribution in [2.24, 2.45) is 5.41 Å². The average Bonchev–Trinajstić information content (AvgIpc) is 2.37. The van der Waals surface area contributed by atoms with Crippen molar-refractivity contribution < 1.29 is 9.72 Å². The number of hydrogen-bond donors (Lipinski definition) is 2. The van der Waals surface area contributed by atoms with Crippen molar-refractivity contribution in [2.45, 2.75) is 45.6 Å². The van der Waals surface area contributed by atoms with Crippen LogP contribution < -0.4 is 11.1 Å². The average molecular weight is 291 g/mol. The zero-order valence-electron chi connectivity index (χ0n) is 12.4. The highest BCUT2D eigenvalue weighted by Crippen LogP contribution is 2.35. The lowest BCUT2D eigenvalue weighted by molar-refractivity contribution is -0.383. The number of nitrogens with two attached hydrogens (primary N) is 1. The van der Waals surface area contributed by atoms with Crippen LogP contribution >= 0.6 is 0 Å². The molecule has 0 aliphatic heterocycles. The molecule has 1 unspecified atom stereocenters. The summed E-state index contributed by atoms with van der Waals surface area (Å²) in [5.74, 6) is -0.334. The number of nitrogen functional groups attached to an aromatic ring is 1. The van der Waals surface area contributed by atoms with E-state index in [2.05, 4.69) is 19.2 Å². The number of nitro benzene ring substituents is 1. The molecule has 1 aliphatic rings. The standard InChI is InChI=1S/C15H21N3O3/c1-15(2)8-4-5-10(9-15)17-14(19)11-6-3-7-12(13(11)16)18(20)21/h3,6-7,10H,4-5,8-9,16H2,1-2H3,(H,17,19). The van der Waals surface area contributed by atoms with E-state index >= 15 is 0 Å². The van der Waals surface area contributed by atoms with Gasteiger partial charge in [-0.2, -0.15) is 0 Å². The number of anilines is 1. The third kappa shape index (κ3) is 3.51. The Labute approximate surface area is 123 Å². The van der Waals surface area contributed by atoms with Crippen molar-refractivity contribution in [1.82, 2.24) is 5.32 Å². The number of para-hydroxylation sites is 1. The molecule has 1 aliphatic carbocycles. The van der Waals surface area contributed by atoms with E-state index in [1.54, 1.807) is 0 Å². The maximum atomic E-state index is 12.3. The summed E-state index contributed by atoms with van der Waals surface area (Å²) in [6.07, 6.45) is 4.07. The number of carbonyl (C=O) groups excluding carboxylic acids is 1. The minimum Gasteiger partial charge on any atom is -0.393 e. The summed E-state index contributed by atoms with van der Waals surface area (Å²) in [5.41, 5.74) is 5.82. The maximum Gasteiger partial charge on any atom is 0.292 e. The zero-order valence-corrected chi connectivity index (χ0v) is 12.4. The largest absolute Gasteiger partial charge is 0.393 e. The molecule has 1 fully saturated rings. The number of nitro groups is 1. The van der Waals surface area contributed by atoms with Crippen molar-refractivity contribution in [3.63, 3.8) is 0 Å². The van der Waals surface area contributed by atoms with Gasteiger partial charge >= 0.3 is 0 Å². The molecular formula is C15H21N3O3. The lowest BCUT2D eigenvalue weighted by Crippen LogP contribution is -2.40. The van der Waals surface area contributed by atoms with Gasteiger partial charge in [-0.15, -0.1) is 0 Å². The lowest BCUT2D eigenvalue weighted by Gasteiger charge is -2.35. The fraction of sp³-hybridized carbons (Fsp3) is 0.533. The van der Waals surface area contributed by atoms with Gasteiger partial charge in [-0.25, -0.2) is 0 Å². The Bertz CT molecular complexity index is 569. The molecule has 114 valence electrons. The molecule has 3 N–H and O–H groups in total. The van der Waals surface area contributed by atoms with E-state index in [0.29, 0.717) is 0 Å². The van der Waals surface area contributed by atoms with Crippen molar-refractivity contribution >= 4 is 17.3 Å². The third-order valence-electron chi connectivity index (χ3n) is 4.06. The Balaban J connectivity index is 2.14. The number of amides is 1. The molecule has 1 amide bonds. The molecule has 1 saturated carbocycles. The quantitative estimate of drug-likeness (QED) is 0.508. The first-order chi connectivity index (χ1) is 9.80. The zero-order chi connectivity index (χ0) is 15.6. The Morgan fingerprint density at radius 2 is 2.19 bits per heavy atom. The Hall–Kier alpha value is -2.11. The second kappa shape index (κ2) is 5.71. The van der Waals surface area contributed by atoms with Crippen molar-refractivity contribution in [3.8, 4) is 0 Å². The summed E-state index contributed by atoms with van der Waals surface area (Å²) in [6.45, 7) is 4.38. The van der Waals surface area contributed by atoms with E-state index in [1.165, 1.54) is 18.2 Å². The second-order valence-corrected chi connectivity index (χ2v) is 6.43. The van der Waals surface area contributed by atoms with Gasteiger partial charge in [-0.3, -0.25) is 14.9 Å². The summed E-state index contributed by atoms with van der Waals surface area (Å²) >= 11 is 0.